The zero-order valence-electron chi connectivity index (χ0n) is 7.79. The van der Waals surface area contributed by atoms with Crippen LogP contribution < -0.4 is 5.32 Å². The lowest BCUT2D eigenvalue weighted by molar-refractivity contribution is 0.171. The van der Waals surface area contributed by atoms with Gasteiger partial charge in [0.2, 0.25) is 0 Å². The van der Waals surface area contributed by atoms with Crippen LogP contribution in [0.2, 0.25) is 5.02 Å². The molecule has 0 aliphatic carbocycles. The van der Waals surface area contributed by atoms with Gasteiger partial charge in [0.1, 0.15) is 0 Å². The molecule has 0 aliphatic rings. The number of nitrogens with one attached hydrogen (secondary N) is 1. The minimum Gasteiger partial charge on any atom is -0.453 e. The monoisotopic (exact) mass is 214 g/mol. The minimum absolute atomic E-state index is 0.435. The van der Waals surface area contributed by atoms with Crippen molar-refractivity contribution in [3.05, 3.63) is 29.0 Å². The smallest absolute Gasteiger partial charge is 0.406 e. The topological polar surface area (TPSA) is 51.2 Å². The lowest BCUT2D eigenvalue weighted by Crippen LogP contribution is -2.25. The Balaban J connectivity index is 2.39. The summed E-state index contributed by atoms with van der Waals surface area (Å²) < 4.78 is 4.42. The molecule has 0 spiro atoms. The molecule has 0 bridgehead atoms. The van der Waals surface area contributed by atoms with Gasteiger partial charge in [-0.25, -0.2) is 4.79 Å². The number of nitrogens with zero attached hydrogens (tertiary/aromatic N) is 1. The number of rotatable bonds is 3. The van der Waals surface area contributed by atoms with Crippen LogP contribution in [0.25, 0.3) is 0 Å². The molecule has 1 amide bonds. The van der Waals surface area contributed by atoms with Gasteiger partial charge in [0.05, 0.1) is 12.1 Å². The van der Waals surface area contributed by atoms with E-state index in [0.29, 0.717) is 18.0 Å². The van der Waals surface area contributed by atoms with Crippen molar-refractivity contribution in [2.24, 2.45) is 0 Å². The van der Waals surface area contributed by atoms with Gasteiger partial charge in [0.15, 0.2) is 0 Å². The third kappa shape index (κ3) is 3.22. The Bertz CT molecular complexity index is 317. The maximum atomic E-state index is 10.7. The number of halogens is 1. The average molecular weight is 215 g/mol. The maximum absolute atomic E-state index is 10.7. The molecular formula is C9H11ClN2O2. The predicted octanol–water partition coefficient (Wildman–Crippen LogP) is 1.63. The fraction of sp³-hybridized carbons (Fsp3) is 0.333. The highest BCUT2D eigenvalue weighted by atomic mass is 35.5. The number of alkyl carbamates (subject to hydrolysis) is 1. The van der Waals surface area contributed by atoms with E-state index in [1.165, 1.54) is 7.11 Å². The van der Waals surface area contributed by atoms with Gasteiger partial charge >= 0.3 is 6.09 Å². The third-order valence-electron chi connectivity index (χ3n) is 1.71. The first-order valence-corrected chi connectivity index (χ1v) is 4.52. The van der Waals surface area contributed by atoms with Crippen LogP contribution in [0.5, 0.6) is 0 Å². The van der Waals surface area contributed by atoms with E-state index in [2.05, 4.69) is 15.0 Å². The first-order valence-electron chi connectivity index (χ1n) is 4.14. The molecule has 0 radical (unpaired) electrons. The highest BCUT2D eigenvalue weighted by Crippen LogP contribution is 2.13. The molecule has 0 saturated carbocycles. The Morgan fingerprint density at radius 1 is 1.71 bits per heavy atom. The van der Waals surface area contributed by atoms with E-state index >= 15 is 0 Å². The number of methoxy groups -OCH3 is 1. The molecule has 14 heavy (non-hydrogen) atoms. The Morgan fingerprint density at radius 3 is 3.14 bits per heavy atom. The summed E-state index contributed by atoms with van der Waals surface area (Å²) in [4.78, 5) is 14.6. The van der Waals surface area contributed by atoms with Crippen molar-refractivity contribution in [2.75, 3.05) is 13.7 Å². The fourth-order valence-corrected chi connectivity index (χ4v) is 1.19. The van der Waals surface area contributed by atoms with Gasteiger partial charge in [-0.05, 0) is 18.1 Å². The first-order chi connectivity index (χ1) is 6.74. The molecule has 0 saturated heterocycles. The van der Waals surface area contributed by atoms with Crippen LogP contribution in [0.4, 0.5) is 4.79 Å². The van der Waals surface area contributed by atoms with Crippen LogP contribution in [0.15, 0.2) is 18.5 Å². The van der Waals surface area contributed by atoms with E-state index in [-0.39, 0.29) is 0 Å². The largest absolute Gasteiger partial charge is 0.453 e. The second-order valence-electron chi connectivity index (χ2n) is 2.64. The van der Waals surface area contributed by atoms with Crippen LogP contribution in [0.3, 0.4) is 0 Å². The van der Waals surface area contributed by atoms with E-state index < -0.39 is 6.09 Å². The standard InChI is InChI=1S/C9H11ClN2O2/c1-14-9(13)12-5-3-7-2-4-11-6-8(7)10/h2,4,6H,3,5H2,1H3,(H,12,13). The average Bonchev–Trinajstić information content (AvgIpc) is 2.20. The number of pyridine rings is 1. The quantitative estimate of drug-likeness (QED) is 0.832. The number of hydrogen-bond acceptors (Lipinski definition) is 3. The van der Waals surface area contributed by atoms with E-state index in [1.54, 1.807) is 12.4 Å². The number of carbonyl (C=O) groups is 1. The molecule has 1 aromatic heterocycles. The molecule has 0 fully saturated rings. The van der Waals surface area contributed by atoms with Crippen molar-refractivity contribution >= 4 is 17.7 Å². The number of amides is 1. The van der Waals surface area contributed by atoms with Crippen molar-refractivity contribution in [1.29, 1.82) is 0 Å². The Kier molecular flexibility index (Phi) is 4.19. The lowest BCUT2D eigenvalue weighted by Gasteiger charge is -2.04. The highest BCUT2D eigenvalue weighted by molar-refractivity contribution is 6.31. The van der Waals surface area contributed by atoms with E-state index in [9.17, 15) is 4.79 Å². The fourth-order valence-electron chi connectivity index (χ4n) is 0.978. The molecule has 4 nitrogen and oxygen atoms in total. The van der Waals surface area contributed by atoms with Gasteiger partial charge in [0, 0.05) is 18.9 Å². The molecular weight excluding hydrogens is 204 g/mol. The third-order valence-corrected chi connectivity index (χ3v) is 2.05. The number of aromatic nitrogens is 1. The van der Waals surface area contributed by atoms with Crippen LogP contribution >= 0.6 is 11.6 Å². The molecule has 0 aliphatic heterocycles. The molecule has 1 N–H and O–H groups in total. The molecule has 0 aromatic carbocycles. The zero-order valence-corrected chi connectivity index (χ0v) is 8.54. The number of carbonyl (C=O) groups excluding carboxylic acids is 1. The SMILES string of the molecule is COC(=O)NCCc1ccncc1Cl. The summed E-state index contributed by atoms with van der Waals surface area (Å²) in [5.41, 5.74) is 0.957. The summed E-state index contributed by atoms with van der Waals surface area (Å²) in [6.07, 6.45) is 3.47. The Morgan fingerprint density at radius 2 is 2.50 bits per heavy atom. The molecule has 1 aromatic rings. The van der Waals surface area contributed by atoms with Crippen molar-refractivity contribution < 1.29 is 9.53 Å². The van der Waals surface area contributed by atoms with Crippen molar-refractivity contribution in [1.82, 2.24) is 10.3 Å². The first kappa shape index (κ1) is 10.8. The lowest BCUT2D eigenvalue weighted by atomic mass is 10.2. The minimum atomic E-state index is -0.435. The second-order valence-corrected chi connectivity index (χ2v) is 3.04. The summed E-state index contributed by atoms with van der Waals surface area (Å²) in [7, 11) is 1.33. The summed E-state index contributed by atoms with van der Waals surface area (Å²) in [6.45, 7) is 0.496. The van der Waals surface area contributed by atoms with Crippen LogP contribution in [-0.2, 0) is 11.2 Å². The molecule has 0 atom stereocenters. The maximum Gasteiger partial charge on any atom is 0.406 e. The summed E-state index contributed by atoms with van der Waals surface area (Å²) in [5, 5.41) is 3.18. The molecule has 1 heterocycles. The second kappa shape index (κ2) is 5.44. The van der Waals surface area contributed by atoms with Gasteiger partial charge in [0.25, 0.3) is 0 Å². The van der Waals surface area contributed by atoms with Gasteiger partial charge in [-0.1, -0.05) is 11.6 Å². The van der Waals surface area contributed by atoms with Gasteiger partial charge in [-0.3, -0.25) is 4.98 Å². The molecule has 1 rings (SSSR count). The normalized spacial score (nSPS) is 9.57. The highest BCUT2D eigenvalue weighted by Gasteiger charge is 2.01. The Hall–Kier alpha value is -1.29. The summed E-state index contributed by atoms with van der Waals surface area (Å²) in [5.74, 6) is 0. The Labute approximate surface area is 87.2 Å². The van der Waals surface area contributed by atoms with Crippen LogP contribution in [-0.4, -0.2) is 24.7 Å². The molecule has 0 unspecified atom stereocenters. The molecule has 76 valence electrons. The zero-order chi connectivity index (χ0) is 10.4. The van der Waals surface area contributed by atoms with Crippen molar-refractivity contribution in [3.63, 3.8) is 0 Å². The molecule has 5 heteroatoms. The number of ether oxygens (including phenoxy) is 1. The van der Waals surface area contributed by atoms with Gasteiger partial charge in [-0.2, -0.15) is 0 Å². The van der Waals surface area contributed by atoms with Gasteiger partial charge in [-0.15, -0.1) is 0 Å². The van der Waals surface area contributed by atoms with Crippen molar-refractivity contribution in [3.8, 4) is 0 Å². The summed E-state index contributed by atoms with van der Waals surface area (Å²) >= 11 is 5.87. The van der Waals surface area contributed by atoms with E-state index in [4.69, 9.17) is 11.6 Å². The van der Waals surface area contributed by atoms with E-state index in [1.807, 2.05) is 6.07 Å². The van der Waals surface area contributed by atoms with Gasteiger partial charge < -0.3 is 10.1 Å². The van der Waals surface area contributed by atoms with Crippen molar-refractivity contribution in [2.45, 2.75) is 6.42 Å². The predicted molar refractivity (Wildman–Crippen MR) is 53.4 cm³/mol. The van der Waals surface area contributed by atoms with Crippen LogP contribution in [0.1, 0.15) is 5.56 Å². The van der Waals surface area contributed by atoms with Crippen LogP contribution in [0, 0.1) is 0 Å². The van der Waals surface area contributed by atoms with E-state index in [0.717, 1.165) is 5.56 Å². The summed E-state index contributed by atoms with van der Waals surface area (Å²) in [6, 6.07) is 1.82. The number of hydrogen-bond donors (Lipinski definition) is 1.